The van der Waals surface area contributed by atoms with Gasteiger partial charge in [-0.15, -0.1) is 16.4 Å². The third-order valence-electron chi connectivity index (χ3n) is 11.9. The Morgan fingerprint density at radius 2 is 1.73 bits per heavy atom. The summed E-state index contributed by atoms with van der Waals surface area (Å²) >= 11 is 8.05. The minimum absolute atomic E-state index is 0.0342. The summed E-state index contributed by atoms with van der Waals surface area (Å²) in [5, 5.41) is 32.4. The number of carbonyl (C=O) groups excluding carboxylic acids is 3. The van der Waals surface area contributed by atoms with E-state index in [1.54, 1.807) is 67.7 Å². The van der Waals surface area contributed by atoms with E-state index in [1.165, 1.54) is 15.8 Å². The van der Waals surface area contributed by atoms with Crippen LogP contribution in [-0.4, -0.2) is 96.3 Å². The molecule has 372 valence electrons. The molecule has 0 radical (unpaired) electrons. The van der Waals surface area contributed by atoms with Crippen LogP contribution in [0.1, 0.15) is 62.5 Å². The van der Waals surface area contributed by atoms with E-state index in [-0.39, 0.29) is 61.2 Å². The highest BCUT2D eigenvalue weighted by Gasteiger charge is 2.44. The molecule has 0 bridgehead atoms. The molecule has 3 aromatic carbocycles. The van der Waals surface area contributed by atoms with Crippen molar-refractivity contribution in [2.24, 2.45) is 12.5 Å². The molecule has 19 nitrogen and oxygen atoms in total. The van der Waals surface area contributed by atoms with Gasteiger partial charge in [0.2, 0.25) is 23.7 Å². The lowest BCUT2D eigenvalue weighted by Crippen LogP contribution is -2.57. The maximum absolute atomic E-state index is 15.0. The van der Waals surface area contributed by atoms with Gasteiger partial charge in [0.25, 0.3) is 0 Å². The van der Waals surface area contributed by atoms with Gasteiger partial charge in [0.05, 0.1) is 57.7 Å². The lowest BCUT2D eigenvalue weighted by Gasteiger charge is -2.35. The topological polar surface area (TPSA) is 229 Å². The molecule has 7 aromatic rings. The second-order valence-electron chi connectivity index (χ2n) is 18.4. The number of fused-ring (bicyclic) bond motifs is 1. The van der Waals surface area contributed by atoms with Crippen LogP contribution < -0.4 is 27.3 Å². The zero-order valence-corrected chi connectivity index (χ0v) is 40.7. The monoisotopic (exact) mass is 1020 g/mol. The first kappa shape index (κ1) is 50.2. The van der Waals surface area contributed by atoms with Crippen LogP contribution in [0, 0.1) is 29.8 Å². The van der Waals surface area contributed by atoms with Crippen LogP contribution in [0.4, 0.5) is 24.8 Å². The normalized spacial score (nSPS) is 15.3. The number of nitrogens with zero attached hydrogens (tertiary/aromatic N) is 10. The van der Waals surface area contributed by atoms with Crippen LogP contribution in [0.3, 0.4) is 0 Å². The molecule has 71 heavy (non-hydrogen) atoms. The van der Waals surface area contributed by atoms with Crippen molar-refractivity contribution in [1.29, 1.82) is 0 Å². The number of anilines is 2. The predicted molar refractivity (Wildman–Crippen MR) is 257 cm³/mol. The first-order valence-corrected chi connectivity index (χ1v) is 23.7. The molecule has 24 heteroatoms. The summed E-state index contributed by atoms with van der Waals surface area (Å²) < 4.78 is 47.7. The summed E-state index contributed by atoms with van der Waals surface area (Å²) in [6.07, 6.45) is 2.41. The van der Waals surface area contributed by atoms with Gasteiger partial charge in [0.1, 0.15) is 23.6 Å². The Labute approximate surface area is 412 Å². The van der Waals surface area contributed by atoms with Crippen LogP contribution in [0.2, 0.25) is 5.02 Å². The molecule has 8 rings (SSSR count). The van der Waals surface area contributed by atoms with Crippen molar-refractivity contribution in [3.05, 3.63) is 132 Å². The predicted octanol–water partition coefficient (Wildman–Crippen LogP) is 4.82. The zero-order chi connectivity index (χ0) is 50.9. The number of carbonyl (C=O) groups is 3. The maximum atomic E-state index is 15.0. The van der Waals surface area contributed by atoms with Gasteiger partial charge >= 0.3 is 11.4 Å². The van der Waals surface area contributed by atoms with Crippen molar-refractivity contribution in [3.8, 4) is 10.4 Å². The summed E-state index contributed by atoms with van der Waals surface area (Å²) in [5.74, 6) is -5.71. The number of hydrogen-bond acceptors (Lipinski definition) is 13. The van der Waals surface area contributed by atoms with Crippen molar-refractivity contribution in [3.63, 3.8) is 0 Å². The second-order valence-corrected chi connectivity index (χ2v) is 19.6. The van der Waals surface area contributed by atoms with E-state index in [9.17, 15) is 42.3 Å². The lowest BCUT2D eigenvalue weighted by molar-refractivity contribution is -0.144. The molecule has 3 amide bonds. The Kier molecular flexibility index (Phi) is 14.6. The molecule has 4 aromatic heterocycles. The summed E-state index contributed by atoms with van der Waals surface area (Å²) in [4.78, 5) is 79.3. The molecule has 4 N–H and O–H groups in total. The molecule has 0 unspecified atom stereocenters. The van der Waals surface area contributed by atoms with Gasteiger partial charge in [-0.1, -0.05) is 61.9 Å². The van der Waals surface area contributed by atoms with Gasteiger partial charge in [0, 0.05) is 62.7 Å². The number of hydrogen-bond donors (Lipinski definition) is 4. The smallest absolute Gasteiger partial charge is 0.355 e. The van der Waals surface area contributed by atoms with E-state index < -0.39 is 88.8 Å². The van der Waals surface area contributed by atoms with Crippen molar-refractivity contribution in [2.75, 3.05) is 11.9 Å². The maximum Gasteiger partial charge on any atom is 0.355 e. The number of halogens is 4. The van der Waals surface area contributed by atoms with E-state index in [1.807, 2.05) is 31.2 Å². The van der Waals surface area contributed by atoms with Gasteiger partial charge in [0.15, 0.2) is 11.6 Å². The molecule has 1 fully saturated rings. The van der Waals surface area contributed by atoms with Crippen molar-refractivity contribution in [1.82, 2.24) is 59.4 Å². The lowest BCUT2D eigenvalue weighted by atomic mass is 9.85. The second kappa shape index (κ2) is 20.6. The summed E-state index contributed by atoms with van der Waals surface area (Å²) in [6, 6.07) is 9.81. The summed E-state index contributed by atoms with van der Waals surface area (Å²) in [6.45, 7) is 6.43. The average molecular weight is 1020 g/mol. The Bertz CT molecular complexity index is 3270. The van der Waals surface area contributed by atoms with Crippen LogP contribution in [0.15, 0.2) is 76.0 Å². The van der Waals surface area contributed by atoms with E-state index in [0.29, 0.717) is 27.6 Å². The number of aliphatic hydroxyl groups excluding tert-OH is 1. The number of aliphatic hydroxyl groups is 1. The van der Waals surface area contributed by atoms with E-state index in [4.69, 9.17) is 11.6 Å². The number of β-amino-alcohol motifs (C(OH)–C–C–N with tert-alkyl or cyclic N) is 1. The SMILES string of the molecule is Cc1ncsc1-c1ccc(CNC(=O)[C@@H]2C[C@@H](O)CN2C(=O)[C@@H](NC(=O)CCCn2cc(Cn3c(=O)nc(Nc4cc5cn(C)nc5cc4Cl)n(Cc4cc(F)c(F)cc4F)c3=O)nn2)C(C)(C)C)cc1. The van der Waals surface area contributed by atoms with Crippen molar-refractivity contribution >= 4 is 63.2 Å². The number of aryl methyl sites for hydroxylation is 3. The molecular formula is C47H49ClF3N13O6S. The first-order valence-electron chi connectivity index (χ1n) is 22.4. The minimum atomic E-state index is -1.43. The highest BCUT2D eigenvalue weighted by Crippen LogP contribution is 2.31. The van der Waals surface area contributed by atoms with Gasteiger partial charge in [-0.05, 0) is 48.1 Å². The number of nitrogens with one attached hydrogen (secondary N) is 3. The highest BCUT2D eigenvalue weighted by atomic mass is 35.5. The number of aromatic nitrogens is 9. The van der Waals surface area contributed by atoms with Crippen LogP contribution in [0.25, 0.3) is 21.3 Å². The van der Waals surface area contributed by atoms with Crippen LogP contribution in [0.5, 0.6) is 0 Å². The Morgan fingerprint density at radius 1 is 0.986 bits per heavy atom. The zero-order valence-electron chi connectivity index (χ0n) is 39.1. The quantitative estimate of drug-likeness (QED) is 0.0957. The average Bonchev–Trinajstić information content (AvgIpc) is 4.13. The summed E-state index contributed by atoms with van der Waals surface area (Å²) in [7, 11) is 1.71. The molecule has 1 saturated heterocycles. The van der Waals surface area contributed by atoms with E-state index in [0.717, 1.165) is 26.3 Å². The standard InChI is InChI=1S/C47H49ClF3N13O6S/c1-25-40(71-24-53-25)27-10-8-26(9-11-27)18-52-42(67)38-15-31(65)23-62(38)43(68)41(47(2,3)4)55-39(66)7-6-12-61-21-30(57-59-61)22-64-45(69)56-44(54-37-14-29-19-60(5)58-36(29)16-32(37)48)63(46(64)70)20-28-13-34(50)35(51)17-33(28)49/h8-11,13-14,16-17,19,21,24,31,38,41,65H,6-7,12,15,18,20,22-23H2,1-5H3,(H,52,67)(H,55,66)(H,54,56,69)/t31-,38+,41-/m1/s1. The number of rotatable bonds is 16. The minimum Gasteiger partial charge on any atom is -0.391 e. The number of thiazole rings is 1. The largest absolute Gasteiger partial charge is 0.391 e. The fourth-order valence-electron chi connectivity index (χ4n) is 8.24. The third kappa shape index (κ3) is 11.4. The van der Waals surface area contributed by atoms with Gasteiger partial charge in [-0.2, -0.15) is 10.1 Å². The first-order chi connectivity index (χ1) is 33.7. The van der Waals surface area contributed by atoms with Crippen molar-refractivity contribution < 1.29 is 32.7 Å². The molecule has 5 heterocycles. The molecular weight excluding hydrogens is 967 g/mol. The molecule has 1 aliphatic heterocycles. The van der Waals surface area contributed by atoms with Gasteiger partial charge < -0.3 is 26.0 Å². The molecule has 0 saturated carbocycles. The van der Waals surface area contributed by atoms with Crippen LogP contribution >= 0.6 is 22.9 Å². The highest BCUT2D eigenvalue weighted by molar-refractivity contribution is 7.13. The Balaban J connectivity index is 0.906. The van der Waals surface area contributed by atoms with E-state index >= 15 is 0 Å². The Morgan fingerprint density at radius 3 is 2.45 bits per heavy atom. The molecule has 0 aliphatic carbocycles. The molecule has 1 aliphatic rings. The molecule has 0 spiro atoms. The van der Waals surface area contributed by atoms with Gasteiger partial charge in [-0.25, -0.2) is 32.3 Å². The fraction of sp³-hybridized carbons (Fsp3) is 0.362. The number of likely N-dealkylation sites (tertiary alicyclic amines) is 1. The summed E-state index contributed by atoms with van der Waals surface area (Å²) in [5.41, 5.74) is 2.23. The third-order valence-corrected chi connectivity index (χ3v) is 13.2. The fourth-order valence-corrected chi connectivity index (χ4v) is 9.26. The molecule has 3 atom stereocenters. The Hall–Kier alpha value is -7.24. The van der Waals surface area contributed by atoms with Crippen LogP contribution in [-0.2, 0) is 47.6 Å². The number of amides is 3. The van der Waals surface area contributed by atoms with Gasteiger partial charge in [-0.3, -0.25) is 28.3 Å². The van der Waals surface area contributed by atoms with Crippen molar-refractivity contribution in [2.45, 2.75) is 91.3 Å². The van der Waals surface area contributed by atoms with E-state index in [2.05, 4.69) is 41.3 Å². The number of benzene rings is 3.